The first kappa shape index (κ1) is 13.1. The third kappa shape index (κ3) is 2.94. The molecule has 0 saturated heterocycles. The summed E-state index contributed by atoms with van der Waals surface area (Å²) in [5.41, 5.74) is 10.9. The zero-order valence-electron chi connectivity index (χ0n) is 10.9. The van der Waals surface area contributed by atoms with E-state index in [1.54, 1.807) is 0 Å². The largest absolute Gasteiger partial charge is 0.481 e. The number of rotatable bonds is 4. The summed E-state index contributed by atoms with van der Waals surface area (Å²) in [7, 11) is 0. The van der Waals surface area contributed by atoms with E-state index < -0.39 is 5.97 Å². The normalized spacial score (nSPS) is 10.4. The number of carboxylic acid groups (broad SMARTS) is 1. The SMILES string of the molecule is Cc1cccc(-c2ccccc2CCC(=O)O)c1N. The van der Waals surface area contributed by atoms with Crippen molar-refractivity contribution >= 4 is 11.7 Å². The minimum absolute atomic E-state index is 0.128. The van der Waals surface area contributed by atoms with Gasteiger partial charge in [-0.05, 0) is 30.0 Å². The number of hydrogen-bond acceptors (Lipinski definition) is 2. The van der Waals surface area contributed by atoms with Crippen molar-refractivity contribution in [3.05, 3.63) is 53.6 Å². The standard InChI is InChI=1S/C16H17NO2/c1-11-5-4-8-14(16(11)17)13-7-3-2-6-12(13)9-10-15(18)19/h2-8H,9-10,17H2,1H3,(H,18,19). The van der Waals surface area contributed by atoms with Crippen LogP contribution in [0.25, 0.3) is 11.1 Å². The number of nitrogen functional groups attached to an aromatic ring is 1. The fourth-order valence-electron chi connectivity index (χ4n) is 2.16. The van der Waals surface area contributed by atoms with E-state index >= 15 is 0 Å². The van der Waals surface area contributed by atoms with Crippen molar-refractivity contribution < 1.29 is 9.90 Å². The highest BCUT2D eigenvalue weighted by atomic mass is 16.4. The van der Waals surface area contributed by atoms with Gasteiger partial charge in [0.1, 0.15) is 0 Å². The predicted molar refractivity (Wildman–Crippen MR) is 77.0 cm³/mol. The van der Waals surface area contributed by atoms with Gasteiger partial charge in [-0.2, -0.15) is 0 Å². The van der Waals surface area contributed by atoms with Gasteiger partial charge in [0.15, 0.2) is 0 Å². The Morgan fingerprint density at radius 3 is 2.53 bits per heavy atom. The molecule has 0 aliphatic rings. The van der Waals surface area contributed by atoms with Gasteiger partial charge in [-0.1, -0.05) is 42.5 Å². The molecule has 19 heavy (non-hydrogen) atoms. The lowest BCUT2D eigenvalue weighted by Crippen LogP contribution is -2.00. The summed E-state index contributed by atoms with van der Waals surface area (Å²) in [6.07, 6.45) is 0.640. The minimum Gasteiger partial charge on any atom is -0.481 e. The number of aliphatic carboxylic acids is 1. The number of hydrogen-bond donors (Lipinski definition) is 2. The van der Waals surface area contributed by atoms with Crippen molar-refractivity contribution in [2.45, 2.75) is 19.8 Å². The zero-order valence-corrected chi connectivity index (χ0v) is 10.9. The Bertz CT molecular complexity index is 605. The monoisotopic (exact) mass is 255 g/mol. The van der Waals surface area contributed by atoms with Crippen LogP contribution in [0.2, 0.25) is 0 Å². The van der Waals surface area contributed by atoms with Gasteiger partial charge in [0.25, 0.3) is 0 Å². The van der Waals surface area contributed by atoms with E-state index in [-0.39, 0.29) is 6.42 Å². The van der Waals surface area contributed by atoms with Crippen LogP contribution in [0.3, 0.4) is 0 Å². The number of para-hydroxylation sites is 1. The Morgan fingerprint density at radius 2 is 1.79 bits per heavy atom. The average Bonchev–Trinajstić information content (AvgIpc) is 2.40. The molecular weight excluding hydrogens is 238 g/mol. The zero-order chi connectivity index (χ0) is 13.8. The number of carbonyl (C=O) groups is 1. The number of aryl methyl sites for hydroxylation is 2. The van der Waals surface area contributed by atoms with Crippen LogP contribution in [0.4, 0.5) is 5.69 Å². The van der Waals surface area contributed by atoms with Gasteiger partial charge in [0.2, 0.25) is 0 Å². The summed E-state index contributed by atoms with van der Waals surface area (Å²) in [5.74, 6) is -0.785. The second-order valence-corrected chi connectivity index (χ2v) is 4.59. The fourth-order valence-corrected chi connectivity index (χ4v) is 2.16. The molecular formula is C16H17NO2. The highest BCUT2D eigenvalue weighted by molar-refractivity contribution is 5.80. The average molecular weight is 255 g/mol. The molecule has 0 saturated carbocycles. The molecule has 0 aromatic heterocycles. The van der Waals surface area contributed by atoms with E-state index in [0.29, 0.717) is 6.42 Å². The maximum absolute atomic E-state index is 10.7. The molecule has 3 N–H and O–H groups in total. The fraction of sp³-hybridized carbons (Fsp3) is 0.188. The van der Waals surface area contributed by atoms with Crippen LogP contribution >= 0.6 is 0 Å². The summed E-state index contributed by atoms with van der Waals surface area (Å²) in [5, 5.41) is 8.81. The maximum atomic E-state index is 10.7. The van der Waals surface area contributed by atoms with Crippen molar-refractivity contribution in [1.82, 2.24) is 0 Å². The van der Waals surface area contributed by atoms with Crippen LogP contribution in [0.15, 0.2) is 42.5 Å². The van der Waals surface area contributed by atoms with Crippen LogP contribution in [0.1, 0.15) is 17.5 Å². The molecule has 3 nitrogen and oxygen atoms in total. The van der Waals surface area contributed by atoms with E-state index in [4.69, 9.17) is 10.8 Å². The number of nitrogens with two attached hydrogens (primary N) is 1. The van der Waals surface area contributed by atoms with Crippen molar-refractivity contribution in [3.63, 3.8) is 0 Å². The molecule has 0 aliphatic carbocycles. The highest BCUT2D eigenvalue weighted by Crippen LogP contribution is 2.31. The molecule has 0 heterocycles. The lowest BCUT2D eigenvalue weighted by Gasteiger charge is -2.12. The molecule has 0 bridgehead atoms. The molecule has 2 aromatic carbocycles. The predicted octanol–water partition coefficient (Wildman–Crippen LogP) is 3.26. The molecule has 0 atom stereocenters. The molecule has 0 amide bonds. The molecule has 0 radical (unpaired) electrons. The highest BCUT2D eigenvalue weighted by Gasteiger charge is 2.10. The van der Waals surface area contributed by atoms with Crippen LogP contribution in [0.5, 0.6) is 0 Å². The van der Waals surface area contributed by atoms with Gasteiger partial charge in [0.05, 0.1) is 0 Å². The van der Waals surface area contributed by atoms with E-state index in [2.05, 4.69) is 0 Å². The van der Waals surface area contributed by atoms with Gasteiger partial charge in [-0.3, -0.25) is 4.79 Å². The van der Waals surface area contributed by atoms with Crippen molar-refractivity contribution in [3.8, 4) is 11.1 Å². The molecule has 0 aliphatic heterocycles. The van der Waals surface area contributed by atoms with Crippen molar-refractivity contribution in [2.24, 2.45) is 0 Å². The summed E-state index contributed by atoms with van der Waals surface area (Å²) >= 11 is 0. The molecule has 0 spiro atoms. The van der Waals surface area contributed by atoms with Crippen molar-refractivity contribution in [2.75, 3.05) is 5.73 Å². The van der Waals surface area contributed by atoms with E-state index in [9.17, 15) is 4.79 Å². The number of benzene rings is 2. The molecule has 0 fully saturated rings. The van der Waals surface area contributed by atoms with Gasteiger partial charge in [0, 0.05) is 17.7 Å². The summed E-state index contributed by atoms with van der Waals surface area (Å²) in [6, 6.07) is 13.7. The van der Waals surface area contributed by atoms with Crippen LogP contribution in [-0.4, -0.2) is 11.1 Å². The first-order valence-electron chi connectivity index (χ1n) is 6.24. The van der Waals surface area contributed by atoms with Crippen LogP contribution in [0, 0.1) is 6.92 Å². The van der Waals surface area contributed by atoms with Gasteiger partial charge < -0.3 is 10.8 Å². The number of carboxylic acids is 1. The second-order valence-electron chi connectivity index (χ2n) is 4.59. The summed E-state index contributed by atoms with van der Waals surface area (Å²) in [4.78, 5) is 10.7. The molecule has 2 aromatic rings. The summed E-state index contributed by atoms with van der Waals surface area (Å²) in [6.45, 7) is 1.97. The molecule has 98 valence electrons. The topological polar surface area (TPSA) is 63.3 Å². The van der Waals surface area contributed by atoms with Crippen LogP contribution in [-0.2, 0) is 11.2 Å². The summed E-state index contributed by atoms with van der Waals surface area (Å²) < 4.78 is 0. The third-order valence-electron chi connectivity index (χ3n) is 3.24. The Hall–Kier alpha value is -2.29. The van der Waals surface area contributed by atoms with Gasteiger partial charge >= 0.3 is 5.97 Å². The first-order chi connectivity index (χ1) is 9.09. The quantitative estimate of drug-likeness (QED) is 0.824. The van der Waals surface area contributed by atoms with E-state index in [1.165, 1.54) is 0 Å². The molecule has 0 unspecified atom stereocenters. The Labute approximate surface area is 112 Å². The Balaban J connectivity index is 2.44. The van der Waals surface area contributed by atoms with Gasteiger partial charge in [-0.25, -0.2) is 0 Å². The molecule has 3 heteroatoms. The van der Waals surface area contributed by atoms with E-state index in [1.807, 2.05) is 49.4 Å². The minimum atomic E-state index is -0.785. The first-order valence-corrected chi connectivity index (χ1v) is 6.24. The third-order valence-corrected chi connectivity index (χ3v) is 3.24. The molecule has 2 rings (SSSR count). The van der Waals surface area contributed by atoms with Gasteiger partial charge in [-0.15, -0.1) is 0 Å². The van der Waals surface area contributed by atoms with E-state index in [0.717, 1.165) is 27.9 Å². The Morgan fingerprint density at radius 1 is 1.11 bits per heavy atom. The lowest BCUT2D eigenvalue weighted by molar-refractivity contribution is -0.136. The lowest BCUT2D eigenvalue weighted by atomic mass is 9.94. The van der Waals surface area contributed by atoms with Crippen LogP contribution < -0.4 is 5.73 Å². The Kier molecular flexibility index (Phi) is 3.85. The second kappa shape index (κ2) is 5.57. The maximum Gasteiger partial charge on any atom is 0.303 e. The van der Waals surface area contributed by atoms with Crippen molar-refractivity contribution in [1.29, 1.82) is 0 Å². The number of anilines is 1. The smallest absolute Gasteiger partial charge is 0.303 e.